The molecule has 2 aromatic heterocycles. The predicted octanol–water partition coefficient (Wildman–Crippen LogP) is 1.99. The van der Waals surface area contributed by atoms with Crippen LogP contribution in [0, 0.1) is 0 Å². The van der Waals surface area contributed by atoms with Crippen molar-refractivity contribution >= 4 is 17.0 Å². The molecule has 18 heavy (non-hydrogen) atoms. The van der Waals surface area contributed by atoms with Crippen molar-refractivity contribution in [1.29, 1.82) is 0 Å². The average molecular weight is 248 g/mol. The Morgan fingerprint density at radius 1 is 1.33 bits per heavy atom. The van der Waals surface area contributed by atoms with Gasteiger partial charge in [-0.1, -0.05) is 0 Å². The van der Waals surface area contributed by atoms with Crippen LogP contribution in [0.1, 0.15) is 19.2 Å². The Morgan fingerprint density at radius 3 is 2.78 bits per heavy atom. The van der Waals surface area contributed by atoms with Gasteiger partial charge in [-0.2, -0.15) is 0 Å². The highest BCUT2D eigenvalue weighted by atomic mass is 16.5. The minimum Gasteiger partial charge on any atom is -0.382 e. The van der Waals surface area contributed by atoms with Crippen molar-refractivity contribution in [1.82, 2.24) is 15.0 Å². The van der Waals surface area contributed by atoms with Crippen LogP contribution >= 0.6 is 0 Å². The zero-order chi connectivity index (χ0) is 13.1. The first-order chi connectivity index (χ1) is 8.60. The number of nitrogens with one attached hydrogen (secondary N) is 1. The third kappa shape index (κ3) is 2.79. The zero-order valence-electron chi connectivity index (χ0n) is 11.4. The number of fused-ring (bicyclic) bond motifs is 1. The largest absolute Gasteiger partial charge is 0.382 e. The second kappa shape index (κ2) is 5.35. The van der Waals surface area contributed by atoms with Gasteiger partial charge in [0.05, 0.1) is 11.6 Å². The quantitative estimate of drug-likeness (QED) is 0.879. The predicted molar refractivity (Wildman–Crippen MR) is 73.0 cm³/mol. The van der Waals surface area contributed by atoms with Gasteiger partial charge in [0.25, 0.3) is 0 Å². The molecular weight excluding hydrogens is 228 g/mol. The molecule has 0 aliphatic rings. The Morgan fingerprint density at radius 2 is 2.11 bits per heavy atom. The minimum atomic E-state index is 0.253. The van der Waals surface area contributed by atoms with Gasteiger partial charge in [0, 0.05) is 27.6 Å². The molecule has 2 heterocycles. The van der Waals surface area contributed by atoms with E-state index in [1.807, 2.05) is 31.1 Å². The number of anilines is 1. The SMILES string of the molecule is COC(C)CCc1nc2nc(N(C)C)ccc2[nH]1. The molecule has 5 nitrogen and oxygen atoms in total. The fourth-order valence-electron chi connectivity index (χ4n) is 1.76. The van der Waals surface area contributed by atoms with Crippen LogP contribution in [0.2, 0.25) is 0 Å². The number of ether oxygens (including phenoxy) is 1. The van der Waals surface area contributed by atoms with Gasteiger partial charge in [0.15, 0.2) is 5.65 Å². The van der Waals surface area contributed by atoms with Gasteiger partial charge in [-0.3, -0.25) is 0 Å². The van der Waals surface area contributed by atoms with Crippen LogP contribution in [0.25, 0.3) is 11.2 Å². The number of aromatic amines is 1. The summed E-state index contributed by atoms with van der Waals surface area (Å²) in [5.41, 5.74) is 1.77. The fraction of sp³-hybridized carbons (Fsp3) is 0.538. The summed E-state index contributed by atoms with van der Waals surface area (Å²) in [4.78, 5) is 14.3. The van der Waals surface area contributed by atoms with Crippen molar-refractivity contribution in [3.63, 3.8) is 0 Å². The summed E-state index contributed by atoms with van der Waals surface area (Å²) in [5, 5.41) is 0. The molecule has 0 aliphatic heterocycles. The molecule has 0 saturated heterocycles. The summed E-state index contributed by atoms with van der Waals surface area (Å²) in [6.07, 6.45) is 2.09. The van der Waals surface area contributed by atoms with E-state index in [0.717, 1.165) is 35.6 Å². The summed E-state index contributed by atoms with van der Waals surface area (Å²) in [6, 6.07) is 4.01. The lowest BCUT2D eigenvalue weighted by Gasteiger charge is -2.09. The van der Waals surface area contributed by atoms with Crippen LogP contribution in [0.5, 0.6) is 0 Å². The lowest BCUT2D eigenvalue weighted by atomic mass is 10.2. The number of pyridine rings is 1. The molecule has 5 heteroatoms. The molecule has 2 aromatic rings. The standard InChI is InChI=1S/C13H20N4O/c1-9(18-4)5-7-11-14-10-6-8-12(17(2)3)16-13(10)15-11/h6,8-9H,5,7H2,1-4H3,(H,14,15,16). The molecule has 0 radical (unpaired) electrons. The maximum atomic E-state index is 5.23. The summed E-state index contributed by atoms with van der Waals surface area (Å²) in [7, 11) is 5.68. The molecule has 1 N–H and O–H groups in total. The van der Waals surface area contributed by atoms with Crippen molar-refractivity contribution < 1.29 is 4.74 Å². The van der Waals surface area contributed by atoms with Crippen molar-refractivity contribution in [2.24, 2.45) is 0 Å². The maximum Gasteiger partial charge on any atom is 0.179 e. The number of hydrogen-bond acceptors (Lipinski definition) is 4. The lowest BCUT2D eigenvalue weighted by Crippen LogP contribution is -2.10. The summed E-state index contributed by atoms with van der Waals surface area (Å²) < 4.78 is 5.23. The van der Waals surface area contributed by atoms with E-state index in [0.29, 0.717) is 0 Å². The third-order valence-corrected chi connectivity index (χ3v) is 3.03. The Bertz CT molecular complexity index is 521. The second-order valence-electron chi connectivity index (χ2n) is 4.70. The van der Waals surface area contributed by atoms with Gasteiger partial charge >= 0.3 is 0 Å². The fourth-order valence-corrected chi connectivity index (χ4v) is 1.76. The highest BCUT2D eigenvalue weighted by Gasteiger charge is 2.07. The normalized spacial score (nSPS) is 12.9. The molecule has 0 aromatic carbocycles. The van der Waals surface area contributed by atoms with E-state index in [1.165, 1.54) is 0 Å². The first kappa shape index (κ1) is 12.8. The van der Waals surface area contributed by atoms with Crippen molar-refractivity contribution in [2.75, 3.05) is 26.1 Å². The molecule has 98 valence electrons. The minimum absolute atomic E-state index is 0.253. The first-order valence-electron chi connectivity index (χ1n) is 6.16. The van der Waals surface area contributed by atoms with E-state index in [1.54, 1.807) is 7.11 Å². The molecule has 1 atom stereocenters. The van der Waals surface area contributed by atoms with Gasteiger partial charge in [0.1, 0.15) is 11.6 Å². The topological polar surface area (TPSA) is 54.0 Å². The summed E-state index contributed by atoms with van der Waals surface area (Å²) >= 11 is 0. The highest BCUT2D eigenvalue weighted by molar-refractivity contribution is 5.73. The molecular formula is C13H20N4O. The number of aryl methyl sites for hydroxylation is 1. The van der Waals surface area contributed by atoms with Gasteiger partial charge in [-0.05, 0) is 25.5 Å². The molecule has 1 unspecified atom stereocenters. The van der Waals surface area contributed by atoms with Crippen LogP contribution in [-0.2, 0) is 11.2 Å². The van der Waals surface area contributed by atoms with Crippen LogP contribution in [0.3, 0.4) is 0 Å². The molecule has 0 aliphatic carbocycles. The number of H-pyrrole nitrogens is 1. The van der Waals surface area contributed by atoms with Gasteiger partial charge < -0.3 is 14.6 Å². The number of aromatic nitrogens is 3. The van der Waals surface area contributed by atoms with Crippen LogP contribution in [0.4, 0.5) is 5.82 Å². The van der Waals surface area contributed by atoms with E-state index >= 15 is 0 Å². The van der Waals surface area contributed by atoms with Crippen molar-refractivity contribution in [2.45, 2.75) is 25.9 Å². The highest BCUT2D eigenvalue weighted by Crippen LogP contribution is 2.15. The number of rotatable bonds is 5. The Kier molecular flexibility index (Phi) is 3.81. The van der Waals surface area contributed by atoms with Gasteiger partial charge in [-0.15, -0.1) is 0 Å². The molecule has 0 fully saturated rings. The third-order valence-electron chi connectivity index (χ3n) is 3.03. The van der Waals surface area contributed by atoms with Gasteiger partial charge in [-0.25, -0.2) is 9.97 Å². The van der Waals surface area contributed by atoms with Crippen molar-refractivity contribution in [3.05, 3.63) is 18.0 Å². The zero-order valence-corrected chi connectivity index (χ0v) is 11.4. The van der Waals surface area contributed by atoms with Crippen LogP contribution < -0.4 is 4.90 Å². The molecule has 0 spiro atoms. The van der Waals surface area contributed by atoms with Crippen molar-refractivity contribution in [3.8, 4) is 0 Å². The second-order valence-corrected chi connectivity index (χ2v) is 4.70. The van der Waals surface area contributed by atoms with E-state index in [2.05, 4.69) is 21.9 Å². The maximum absolute atomic E-state index is 5.23. The molecule has 2 rings (SSSR count). The van der Waals surface area contributed by atoms with E-state index in [4.69, 9.17) is 4.74 Å². The monoisotopic (exact) mass is 248 g/mol. The average Bonchev–Trinajstić information content (AvgIpc) is 2.77. The molecule has 0 amide bonds. The van der Waals surface area contributed by atoms with E-state index in [9.17, 15) is 0 Å². The number of imidazole rings is 1. The molecule has 0 bridgehead atoms. The number of nitrogens with zero attached hydrogens (tertiary/aromatic N) is 3. The van der Waals surface area contributed by atoms with Crippen LogP contribution in [0.15, 0.2) is 12.1 Å². The molecule has 0 saturated carbocycles. The Labute approximate surface area is 107 Å². The lowest BCUT2D eigenvalue weighted by molar-refractivity contribution is 0.111. The van der Waals surface area contributed by atoms with Crippen LogP contribution in [-0.4, -0.2) is 42.3 Å². The van der Waals surface area contributed by atoms with E-state index in [-0.39, 0.29) is 6.10 Å². The van der Waals surface area contributed by atoms with Gasteiger partial charge in [0.2, 0.25) is 0 Å². The van der Waals surface area contributed by atoms with E-state index < -0.39 is 0 Å². The Hall–Kier alpha value is -1.62. The number of methoxy groups -OCH3 is 1. The summed E-state index contributed by atoms with van der Waals surface area (Å²) in [5.74, 6) is 1.89. The smallest absolute Gasteiger partial charge is 0.179 e. The summed E-state index contributed by atoms with van der Waals surface area (Å²) in [6.45, 7) is 2.06. The number of hydrogen-bond donors (Lipinski definition) is 1. The first-order valence-corrected chi connectivity index (χ1v) is 6.16. The Balaban J connectivity index is 2.17.